The second-order valence-corrected chi connectivity index (χ2v) is 4.80. The molecule has 1 aromatic rings. The first-order valence-corrected chi connectivity index (χ1v) is 6.39. The molecule has 0 saturated heterocycles. The van der Waals surface area contributed by atoms with E-state index in [0.717, 1.165) is 30.2 Å². The highest BCUT2D eigenvalue weighted by atomic mass is 16.5. The lowest BCUT2D eigenvalue weighted by Crippen LogP contribution is -2.33. The molecule has 1 aromatic carbocycles. The van der Waals surface area contributed by atoms with Crippen LogP contribution in [0, 0.1) is 5.41 Å². The fourth-order valence-electron chi connectivity index (χ4n) is 2.40. The fourth-order valence-corrected chi connectivity index (χ4v) is 2.40. The highest BCUT2D eigenvalue weighted by molar-refractivity contribution is 5.76. The molecule has 1 heterocycles. The summed E-state index contributed by atoms with van der Waals surface area (Å²) in [5.41, 5.74) is 2.58. The molecule has 0 fully saturated rings. The number of methoxy groups -OCH3 is 1. The Hall–Kier alpha value is -1.38. The van der Waals surface area contributed by atoms with Crippen LogP contribution in [0.3, 0.4) is 0 Å². The first kappa shape index (κ1) is 12.1. The van der Waals surface area contributed by atoms with Gasteiger partial charge in [-0.3, -0.25) is 0 Å². The lowest BCUT2D eigenvalue weighted by atomic mass is 9.82. The third-order valence-corrected chi connectivity index (χ3v) is 4.04. The van der Waals surface area contributed by atoms with E-state index < -0.39 is 0 Å². The molecule has 0 amide bonds. The summed E-state index contributed by atoms with van der Waals surface area (Å²) in [4.78, 5) is 0. The van der Waals surface area contributed by atoms with Crippen LogP contribution in [0.2, 0.25) is 0 Å². The standard InChI is InChI=1S/C14H22N2O/c1-4-14(5-2)9-15-11-7-6-8-12(17-3)13(11)16-10-14/h6-8,15-16H,4-5,9-10H2,1-3H3. The molecule has 0 spiro atoms. The Labute approximate surface area is 104 Å². The smallest absolute Gasteiger partial charge is 0.144 e. The Morgan fingerprint density at radius 1 is 1.18 bits per heavy atom. The van der Waals surface area contributed by atoms with Gasteiger partial charge in [0.25, 0.3) is 0 Å². The summed E-state index contributed by atoms with van der Waals surface area (Å²) < 4.78 is 5.40. The average molecular weight is 234 g/mol. The topological polar surface area (TPSA) is 33.3 Å². The van der Waals surface area contributed by atoms with Gasteiger partial charge in [-0.1, -0.05) is 19.9 Å². The zero-order chi connectivity index (χ0) is 12.3. The maximum atomic E-state index is 5.40. The second-order valence-electron chi connectivity index (χ2n) is 4.80. The molecule has 3 nitrogen and oxygen atoms in total. The van der Waals surface area contributed by atoms with E-state index in [1.165, 1.54) is 12.8 Å². The van der Waals surface area contributed by atoms with Gasteiger partial charge in [-0.15, -0.1) is 0 Å². The van der Waals surface area contributed by atoms with E-state index in [1.807, 2.05) is 12.1 Å². The third kappa shape index (κ3) is 2.19. The van der Waals surface area contributed by atoms with E-state index in [9.17, 15) is 0 Å². The van der Waals surface area contributed by atoms with Crippen LogP contribution in [0.4, 0.5) is 11.4 Å². The molecule has 0 radical (unpaired) electrons. The Morgan fingerprint density at radius 2 is 1.88 bits per heavy atom. The summed E-state index contributed by atoms with van der Waals surface area (Å²) in [7, 11) is 1.72. The lowest BCUT2D eigenvalue weighted by molar-refractivity contribution is 0.307. The Kier molecular flexibility index (Phi) is 3.46. The quantitative estimate of drug-likeness (QED) is 0.841. The zero-order valence-corrected chi connectivity index (χ0v) is 11.0. The summed E-state index contributed by atoms with van der Waals surface area (Å²) in [6, 6.07) is 6.13. The average Bonchev–Trinajstić information content (AvgIpc) is 2.58. The molecule has 2 rings (SSSR count). The number of nitrogens with one attached hydrogen (secondary N) is 2. The van der Waals surface area contributed by atoms with Crippen molar-refractivity contribution in [2.45, 2.75) is 26.7 Å². The maximum absolute atomic E-state index is 5.40. The van der Waals surface area contributed by atoms with Crippen molar-refractivity contribution >= 4 is 11.4 Å². The molecule has 2 N–H and O–H groups in total. The van der Waals surface area contributed by atoms with E-state index in [4.69, 9.17) is 4.74 Å². The van der Waals surface area contributed by atoms with Crippen molar-refractivity contribution in [3.05, 3.63) is 18.2 Å². The molecule has 0 aliphatic carbocycles. The van der Waals surface area contributed by atoms with Crippen molar-refractivity contribution in [2.75, 3.05) is 30.8 Å². The summed E-state index contributed by atoms with van der Waals surface area (Å²) in [5, 5.41) is 7.10. The predicted octanol–water partition coefficient (Wildman–Crippen LogP) is 3.34. The van der Waals surface area contributed by atoms with Crippen molar-refractivity contribution in [3.8, 4) is 5.75 Å². The van der Waals surface area contributed by atoms with E-state index >= 15 is 0 Å². The lowest BCUT2D eigenvalue weighted by Gasteiger charge is -2.30. The number of para-hydroxylation sites is 1. The first-order valence-electron chi connectivity index (χ1n) is 6.39. The minimum atomic E-state index is 0.337. The van der Waals surface area contributed by atoms with E-state index in [1.54, 1.807) is 7.11 Å². The van der Waals surface area contributed by atoms with Gasteiger partial charge in [0.15, 0.2) is 0 Å². The number of hydrogen-bond donors (Lipinski definition) is 2. The number of anilines is 2. The minimum absolute atomic E-state index is 0.337. The van der Waals surface area contributed by atoms with Crippen LogP contribution in [0.25, 0.3) is 0 Å². The molecule has 0 aromatic heterocycles. The Balaban J connectivity index is 2.29. The number of benzene rings is 1. The molecule has 1 aliphatic rings. The summed E-state index contributed by atoms with van der Waals surface area (Å²) in [6.45, 7) is 6.55. The van der Waals surface area contributed by atoms with Crippen molar-refractivity contribution in [1.29, 1.82) is 0 Å². The van der Waals surface area contributed by atoms with Gasteiger partial charge in [0.2, 0.25) is 0 Å². The van der Waals surface area contributed by atoms with E-state index in [0.29, 0.717) is 5.41 Å². The van der Waals surface area contributed by atoms with Crippen molar-refractivity contribution in [1.82, 2.24) is 0 Å². The highest BCUT2D eigenvalue weighted by Gasteiger charge is 2.29. The minimum Gasteiger partial charge on any atom is -0.495 e. The molecule has 0 saturated carbocycles. The molecule has 0 atom stereocenters. The summed E-state index contributed by atoms with van der Waals surface area (Å²) in [5.74, 6) is 0.915. The molecule has 94 valence electrons. The van der Waals surface area contributed by atoms with Crippen molar-refractivity contribution in [3.63, 3.8) is 0 Å². The number of hydrogen-bond acceptors (Lipinski definition) is 3. The number of fused-ring (bicyclic) bond motifs is 1. The van der Waals surface area contributed by atoms with Gasteiger partial charge >= 0.3 is 0 Å². The van der Waals surface area contributed by atoms with Crippen LogP contribution in [0.5, 0.6) is 5.75 Å². The molecule has 17 heavy (non-hydrogen) atoms. The number of ether oxygens (including phenoxy) is 1. The van der Waals surface area contributed by atoms with E-state index in [2.05, 4.69) is 30.5 Å². The van der Waals surface area contributed by atoms with Crippen LogP contribution in [-0.4, -0.2) is 20.2 Å². The van der Waals surface area contributed by atoms with Gasteiger partial charge in [-0.2, -0.15) is 0 Å². The molecule has 1 aliphatic heterocycles. The Morgan fingerprint density at radius 3 is 2.53 bits per heavy atom. The second kappa shape index (κ2) is 4.86. The van der Waals surface area contributed by atoms with Gasteiger partial charge in [0, 0.05) is 18.5 Å². The highest BCUT2D eigenvalue weighted by Crippen LogP contribution is 2.38. The van der Waals surface area contributed by atoms with Gasteiger partial charge in [-0.05, 0) is 25.0 Å². The zero-order valence-electron chi connectivity index (χ0n) is 11.0. The van der Waals surface area contributed by atoms with Gasteiger partial charge < -0.3 is 15.4 Å². The first-order chi connectivity index (χ1) is 8.24. The van der Waals surface area contributed by atoms with Crippen molar-refractivity contribution in [2.24, 2.45) is 5.41 Å². The molecular formula is C14H22N2O. The molecular weight excluding hydrogens is 212 g/mol. The van der Waals surface area contributed by atoms with Gasteiger partial charge in [0.1, 0.15) is 11.4 Å². The maximum Gasteiger partial charge on any atom is 0.144 e. The van der Waals surface area contributed by atoms with Gasteiger partial charge in [-0.25, -0.2) is 0 Å². The largest absolute Gasteiger partial charge is 0.495 e. The normalized spacial score (nSPS) is 17.4. The molecule has 0 unspecified atom stereocenters. The van der Waals surface area contributed by atoms with Crippen LogP contribution < -0.4 is 15.4 Å². The third-order valence-electron chi connectivity index (χ3n) is 4.04. The SMILES string of the molecule is CCC1(CC)CNc2cccc(OC)c2NC1. The predicted molar refractivity (Wildman–Crippen MR) is 73.0 cm³/mol. The fraction of sp³-hybridized carbons (Fsp3) is 0.571. The van der Waals surface area contributed by atoms with Gasteiger partial charge in [0.05, 0.1) is 12.8 Å². The van der Waals surface area contributed by atoms with Crippen LogP contribution in [0.15, 0.2) is 18.2 Å². The van der Waals surface area contributed by atoms with Crippen LogP contribution in [0.1, 0.15) is 26.7 Å². The van der Waals surface area contributed by atoms with Crippen LogP contribution in [-0.2, 0) is 0 Å². The monoisotopic (exact) mass is 234 g/mol. The van der Waals surface area contributed by atoms with Crippen molar-refractivity contribution < 1.29 is 4.74 Å². The molecule has 0 bridgehead atoms. The molecule has 3 heteroatoms. The van der Waals surface area contributed by atoms with Crippen LogP contribution >= 0.6 is 0 Å². The summed E-state index contributed by atoms with van der Waals surface area (Å²) in [6.07, 6.45) is 2.36. The Bertz CT molecular complexity index is 386. The number of rotatable bonds is 3. The van der Waals surface area contributed by atoms with E-state index in [-0.39, 0.29) is 0 Å². The summed E-state index contributed by atoms with van der Waals surface area (Å²) >= 11 is 0.